The quantitative estimate of drug-likeness (QED) is 0.713. The van der Waals surface area contributed by atoms with Crippen molar-refractivity contribution in [2.45, 2.75) is 27.7 Å². The van der Waals surface area contributed by atoms with E-state index in [1.807, 2.05) is 27.7 Å². The van der Waals surface area contributed by atoms with Gasteiger partial charge >= 0.3 is 0 Å². The van der Waals surface area contributed by atoms with E-state index >= 15 is 0 Å². The van der Waals surface area contributed by atoms with Gasteiger partial charge in [0, 0.05) is 38.5 Å². The van der Waals surface area contributed by atoms with Crippen molar-refractivity contribution in [2.24, 2.45) is 0 Å². The summed E-state index contributed by atoms with van der Waals surface area (Å²) in [6.45, 7) is 14.0. The monoisotopic (exact) mass is 220 g/mol. The first kappa shape index (κ1) is 16.7. The molecular weight excluding hydrogens is 192 g/mol. The molecule has 0 aliphatic carbocycles. The van der Waals surface area contributed by atoms with Crippen molar-refractivity contribution in [3.8, 4) is 0 Å². The zero-order chi connectivity index (χ0) is 11.4. The van der Waals surface area contributed by atoms with Gasteiger partial charge in [0.25, 0.3) is 0 Å². The number of piperazine rings is 1. The van der Waals surface area contributed by atoms with Gasteiger partial charge in [-0.3, -0.25) is 4.90 Å². The molecule has 2 nitrogen and oxygen atoms in total. The largest absolute Gasteiger partial charge is 0.304 e. The van der Waals surface area contributed by atoms with Gasteiger partial charge in [0.2, 0.25) is 0 Å². The minimum absolute atomic E-state index is 0.990. The molecule has 1 heterocycles. The van der Waals surface area contributed by atoms with Gasteiger partial charge in [-0.2, -0.15) is 12.6 Å². The van der Waals surface area contributed by atoms with Crippen molar-refractivity contribution in [3.05, 3.63) is 0 Å². The predicted molar refractivity (Wildman–Crippen MR) is 70.5 cm³/mol. The van der Waals surface area contributed by atoms with E-state index in [0.717, 1.165) is 12.3 Å². The average molecular weight is 220 g/mol. The maximum absolute atomic E-state index is 4.20. The van der Waals surface area contributed by atoms with Crippen LogP contribution in [-0.4, -0.2) is 55.3 Å². The summed E-state index contributed by atoms with van der Waals surface area (Å²) in [6, 6.07) is 0. The van der Waals surface area contributed by atoms with Gasteiger partial charge in [-0.05, 0) is 7.05 Å². The van der Waals surface area contributed by atoms with E-state index in [1.54, 1.807) is 0 Å². The van der Waals surface area contributed by atoms with Gasteiger partial charge < -0.3 is 4.90 Å². The van der Waals surface area contributed by atoms with E-state index in [-0.39, 0.29) is 0 Å². The minimum atomic E-state index is 0.990. The molecule has 0 aromatic carbocycles. The Labute approximate surface area is 96.1 Å². The van der Waals surface area contributed by atoms with E-state index in [1.165, 1.54) is 26.2 Å². The molecule has 0 atom stereocenters. The van der Waals surface area contributed by atoms with Crippen LogP contribution in [0, 0.1) is 0 Å². The van der Waals surface area contributed by atoms with Gasteiger partial charge in [0.05, 0.1) is 0 Å². The molecule has 0 spiro atoms. The molecule has 14 heavy (non-hydrogen) atoms. The Morgan fingerprint density at radius 3 is 1.71 bits per heavy atom. The summed E-state index contributed by atoms with van der Waals surface area (Å²) >= 11 is 4.20. The maximum atomic E-state index is 4.20. The van der Waals surface area contributed by atoms with Crippen LogP contribution in [0.4, 0.5) is 0 Å². The van der Waals surface area contributed by atoms with E-state index in [9.17, 15) is 0 Å². The highest BCUT2D eigenvalue weighted by Crippen LogP contribution is 1.98. The fourth-order valence-corrected chi connectivity index (χ4v) is 1.50. The van der Waals surface area contributed by atoms with E-state index in [4.69, 9.17) is 0 Å². The van der Waals surface area contributed by atoms with E-state index < -0.39 is 0 Å². The minimum Gasteiger partial charge on any atom is -0.304 e. The summed E-state index contributed by atoms with van der Waals surface area (Å²) in [5, 5.41) is 0. The van der Waals surface area contributed by atoms with Crippen molar-refractivity contribution < 1.29 is 0 Å². The lowest BCUT2D eigenvalue weighted by Gasteiger charge is -2.31. The Morgan fingerprint density at radius 2 is 1.36 bits per heavy atom. The van der Waals surface area contributed by atoms with Crippen LogP contribution in [0.5, 0.6) is 0 Å². The van der Waals surface area contributed by atoms with Crippen LogP contribution in [0.2, 0.25) is 0 Å². The number of thiol groups is 1. The van der Waals surface area contributed by atoms with Gasteiger partial charge in [-0.25, -0.2) is 0 Å². The Morgan fingerprint density at radius 1 is 0.929 bits per heavy atom. The fourth-order valence-electron chi connectivity index (χ4n) is 1.21. The topological polar surface area (TPSA) is 6.48 Å². The van der Waals surface area contributed by atoms with Gasteiger partial charge in [0.15, 0.2) is 0 Å². The van der Waals surface area contributed by atoms with Crippen LogP contribution in [0.25, 0.3) is 0 Å². The van der Waals surface area contributed by atoms with Crippen LogP contribution in [0.3, 0.4) is 0 Å². The summed E-state index contributed by atoms with van der Waals surface area (Å²) in [5.41, 5.74) is 0. The average Bonchev–Trinajstić information content (AvgIpc) is 2.28. The molecular formula is C11H28N2S. The summed E-state index contributed by atoms with van der Waals surface area (Å²) in [6.07, 6.45) is 0. The fraction of sp³-hybridized carbons (Fsp3) is 1.00. The molecule has 1 saturated heterocycles. The zero-order valence-corrected chi connectivity index (χ0v) is 11.5. The summed E-state index contributed by atoms with van der Waals surface area (Å²) < 4.78 is 0. The first-order chi connectivity index (χ1) is 6.83. The molecule has 88 valence electrons. The molecule has 1 rings (SSSR count). The van der Waals surface area contributed by atoms with Crippen LogP contribution in [-0.2, 0) is 0 Å². The number of hydrogen-bond acceptors (Lipinski definition) is 3. The number of rotatable bonds is 2. The Hall–Kier alpha value is 0.270. The molecule has 1 aliphatic rings. The smallest absolute Gasteiger partial charge is 0.0110 e. The van der Waals surface area contributed by atoms with Crippen molar-refractivity contribution in [1.82, 2.24) is 9.80 Å². The lowest BCUT2D eigenvalue weighted by Crippen LogP contribution is -2.44. The van der Waals surface area contributed by atoms with Crippen molar-refractivity contribution in [3.63, 3.8) is 0 Å². The highest BCUT2D eigenvalue weighted by Gasteiger charge is 2.11. The Balaban J connectivity index is 0. The molecule has 0 amide bonds. The molecule has 0 radical (unpaired) electrons. The van der Waals surface area contributed by atoms with Crippen LogP contribution in [0.1, 0.15) is 27.7 Å². The van der Waals surface area contributed by atoms with Gasteiger partial charge in [-0.15, -0.1) is 0 Å². The Kier molecular flexibility index (Phi) is 15.8. The molecule has 0 bridgehead atoms. The second kappa shape index (κ2) is 13.3. The van der Waals surface area contributed by atoms with Crippen molar-refractivity contribution in [1.29, 1.82) is 0 Å². The third-order valence-electron chi connectivity index (χ3n) is 2.01. The van der Waals surface area contributed by atoms with Crippen molar-refractivity contribution >= 4 is 12.6 Å². The molecule has 1 fully saturated rings. The Bertz CT molecular complexity index is 91.3. The third-order valence-corrected chi connectivity index (χ3v) is 2.21. The molecule has 3 heteroatoms. The number of likely N-dealkylation sites (N-methyl/N-ethyl adjacent to an activating group) is 1. The summed E-state index contributed by atoms with van der Waals surface area (Å²) in [5.74, 6) is 0.990. The molecule has 0 aromatic rings. The predicted octanol–water partition coefficient (Wildman–Crippen LogP) is 2.22. The zero-order valence-electron chi connectivity index (χ0n) is 10.6. The lowest BCUT2D eigenvalue weighted by atomic mass is 10.3. The first-order valence-corrected chi connectivity index (χ1v) is 6.48. The normalized spacial score (nSPS) is 17.6. The third kappa shape index (κ3) is 8.85. The van der Waals surface area contributed by atoms with Gasteiger partial charge in [-0.1, -0.05) is 27.7 Å². The van der Waals surface area contributed by atoms with E-state index in [2.05, 4.69) is 29.5 Å². The van der Waals surface area contributed by atoms with Crippen LogP contribution < -0.4 is 0 Å². The number of hydrogen-bond donors (Lipinski definition) is 1. The summed E-state index contributed by atoms with van der Waals surface area (Å²) in [4.78, 5) is 4.84. The molecule has 0 unspecified atom stereocenters. The second-order valence-corrected chi connectivity index (χ2v) is 3.32. The molecule has 0 aromatic heterocycles. The summed E-state index contributed by atoms with van der Waals surface area (Å²) in [7, 11) is 2.18. The van der Waals surface area contributed by atoms with Gasteiger partial charge in [0.1, 0.15) is 0 Å². The maximum Gasteiger partial charge on any atom is 0.0110 e. The second-order valence-electron chi connectivity index (χ2n) is 2.87. The van der Waals surface area contributed by atoms with Crippen LogP contribution >= 0.6 is 12.6 Å². The molecule has 0 N–H and O–H groups in total. The number of nitrogens with zero attached hydrogens (tertiary/aromatic N) is 2. The standard InChI is InChI=1S/C7H16N2S.2C2H6/c1-8-2-4-9(5-3-8)6-7-10;2*1-2/h10H,2-7H2,1H3;2*1-2H3. The lowest BCUT2D eigenvalue weighted by molar-refractivity contribution is 0.161. The SMILES string of the molecule is CC.CC.CN1CCN(CCS)CC1. The molecule has 1 aliphatic heterocycles. The van der Waals surface area contributed by atoms with Crippen molar-refractivity contribution in [2.75, 3.05) is 45.5 Å². The molecule has 0 saturated carbocycles. The first-order valence-electron chi connectivity index (χ1n) is 5.84. The highest BCUT2D eigenvalue weighted by molar-refractivity contribution is 7.80. The highest BCUT2D eigenvalue weighted by atomic mass is 32.1. The van der Waals surface area contributed by atoms with E-state index in [0.29, 0.717) is 0 Å². The van der Waals surface area contributed by atoms with Crippen LogP contribution in [0.15, 0.2) is 0 Å².